The fraction of sp³-hybridized carbons (Fsp3) is 0.273. The number of rotatable bonds is 1. The average Bonchev–Trinajstić information content (AvgIpc) is 1.81. The Kier molecular flexibility index (Phi) is 2.66. The highest BCUT2D eigenvalue weighted by atomic mass is 14.7. The number of allylic oxidation sites excluding steroid dienone is 6. The second-order valence-electron chi connectivity index (χ2n) is 3.47. The fourth-order valence-corrected chi connectivity index (χ4v) is 0.996. The molecule has 1 aliphatic carbocycles. The van der Waals surface area contributed by atoms with Gasteiger partial charge in [0.15, 0.2) is 0 Å². The van der Waals surface area contributed by atoms with Crippen LogP contribution in [0.2, 0.25) is 0 Å². The van der Waals surface area contributed by atoms with Crippen LogP contribution in [0.4, 0.5) is 0 Å². The van der Waals surface area contributed by atoms with Crippen LogP contribution in [0.3, 0.4) is 0 Å². The first-order valence-electron chi connectivity index (χ1n) is 4.12. The van der Waals surface area contributed by atoms with Crippen LogP contribution >= 0.6 is 0 Å². The van der Waals surface area contributed by atoms with Crippen molar-refractivity contribution in [2.24, 2.45) is 5.73 Å². The molecule has 0 atom stereocenters. The second kappa shape index (κ2) is 3.55. The van der Waals surface area contributed by atoms with Crippen LogP contribution in [-0.4, -0.2) is 5.54 Å². The molecule has 1 nitrogen and oxygen atoms in total. The Morgan fingerprint density at radius 3 is 2.25 bits per heavy atom. The van der Waals surface area contributed by atoms with Crippen molar-refractivity contribution in [2.45, 2.75) is 19.4 Å². The van der Waals surface area contributed by atoms with Gasteiger partial charge >= 0.3 is 0 Å². The smallest absolute Gasteiger partial charge is 0.0352 e. The molecule has 12 heavy (non-hydrogen) atoms. The van der Waals surface area contributed by atoms with Crippen molar-refractivity contribution >= 4 is 0 Å². The summed E-state index contributed by atoms with van der Waals surface area (Å²) in [5.41, 5.74) is 6.84. The zero-order valence-electron chi connectivity index (χ0n) is 7.62. The van der Waals surface area contributed by atoms with E-state index in [4.69, 9.17) is 5.73 Å². The molecule has 0 radical (unpaired) electrons. The molecule has 2 N–H and O–H groups in total. The largest absolute Gasteiger partial charge is 0.322 e. The van der Waals surface area contributed by atoms with Crippen molar-refractivity contribution in [1.29, 1.82) is 0 Å². The van der Waals surface area contributed by atoms with Crippen molar-refractivity contribution in [1.82, 2.24) is 0 Å². The maximum absolute atomic E-state index is 5.95. The van der Waals surface area contributed by atoms with Gasteiger partial charge in [0, 0.05) is 5.54 Å². The van der Waals surface area contributed by atoms with Crippen LogP contribution < -0.4 is 5.73 Å². The van der Waals surface area contributed by atoms with Crippen LogP contribution in [-0.2, 0) is 0 Å². The van der Waals surface area contributed by atoms with Crippen molar-refractivity contribution in [3.8, 4) is 0 Å². The summed E-state index contributed by atoms with van der Waals surface area (Å²) in [7, 11) is 0. The SMILES string of the molecule is CC(C)(N)C1=C/C=C\C=C/C=C1. The lowest BCUT2D eigenvalue weighted by Crippen LogP contribution is -2.33. The first-order chi connectivity index (χ1) is 5.61. The molecule has 1 heteroatoms. The molecule has 0 saturated carbocycles. The fourth-order valence-electron chi connectivity index (χ4n) is 0.996. The lowest BCUT2D eigenvalue weighted by atomic mass is 9.94. The van der Waals surface area contributed by atoms with Crippen molar-refractivity contribution in [3.63, 3.8) is 0 Å². The van der Waals surface area contributed by atoms with E-state index in [1.54, 1.807) is 0 Å². The lowest BCUT2D eigenvalue weighted by molar-refractivity contribution is 0.626. The molecule has 0 aromatic heterocycles. The Labute approximate surface area is 74.0 Å². The van der Waals surface area contributed by atoms with Gasteiger partial charge in [-0.15, -0.1) is 0 Å². The summed E-state index contributed by atoms with van der Waals surface area (Å²) < 4.78 is 0. The summed E-state index contributed by atoms with van der Waals surface area (Å²) in [5.74, 6) is 0. The number of nitrogens with two attached hydrogens (primary N) is 1. The molecular formula is C11H15N. The van der Waals surface area contributed by atoms with Gasteiger partial charge in [-0.1, -0.05) is 42.5 Å². The summed E-state index contributed by atoms with van der Waals surface area (Å²) in [6.07, 6.45) is 14.1. The third-order valence-electron chi connectivity index (χ3n) is 1.74. The predicted octanol–water partition coefficient (Wildman–Crippen LogP) is 2.33. The molecule has 0 aliphatic heterocycles. The van der Waals surface area contributed by atoms with Gasteiger partial charge in [0.05, 0.1) is 0 Å². The van der Waals surface area contributed by atoms with Gasteiger partial charge in [-0.3, -0.25) is 0 Å². The second-order valence-corrected chi connectivity index (χ2v) is 3.47. The third kappa shape index (κ3) is 2.51. The molecule has 0 saturated heterocycles. The zero-order valence-corrected chi connectivity index (χ0v) is 7.62. The van der Waals surface area contributed by atoms with E-state index >= 15 is 0 Å². The van der Waals surface area contributed by atoms with E-state index < -0.39 is 0 Å². The summed E-state index contributed by atoms with van der Waals surface area (Å²) in [6, 6.07) is 0. The Morgan fingerprint density at radius 1 is 1.00 bits per heavy atom. The molecule has 0 unspecified atom stereocenters. The van der Waals surface area contributed by atoms with Gasteiger partial charge in [-0.05, 0) is 19.4 Å². The quantitative estimate of drug-likeness (QED) is 0.627. The molecule has 0 amide bonds. The van der Waals surface area contributed by atoms with E-state index in [1.165, 1.54) is 0 Å². The molecule has 0 aromatic rings. The highest BCUT2D eigenvalue weighted by Gasteiger charge is 2.13. The van der Waals surface area contributed by atoms with Crippen molar-refractivity contribution in [2.75, 3.05) is 0 Å². The third-order valence-corrected chi connectivity index (χ3v) is 1.74. The van der Waals surface area contributed by atoms with Crippen LogP contribution in [0, 0.1) is 0 Å². The maximum Gasteiger partial charge on any atom is 0.0352 e. The van der Waals surface area contributed by atoms with E-state index in [-0.39, 0.29) is 5.54 Å². The topological polar surface area (TPSA) is 26.0 Å². The van der Waals surface area contributed by atoms with Crippen LogP contribution in [0.25, 0.3) is 0 Å². The molecule has 0 bridgehead atoms. The number of hydrogen-bond acceptors (Lipinski definition) is 1. The van der Waals surface area contributed by atoms with Crippen LogP contribution in [0.1, 0.15) is 13.8 Å². The normalized spacial score (nSPS) is 22.4. The standard InChI is InChI=1S/C11H15N/c1-11(2,12)10-8-6-4-3-5-7-9-10/h3-9H,12H2,1-2H3/b4-3-,5-3?,6-4?,7-5-,8-6?,9-7?,10-8?,10-9?. The molecule has 0 spiro atoms. The van der Waals surface area contributed by atoms with E-state index in [0.717, 1.165) is 5.57 Å². The van der Waals surface area contributed by atoms with E-state index in [0.29, 0.717) is 0 Å². The summed E-state index contributed by atoms with van der Waals surface area (Å²) >= 11 is 0. The molecule has 0 aromatic carbocycles. The minimum atomic E-state index is -0.258. The minimum absolute atomic E-state index is 0.258. The monoisotopic (exact) mass is 161 g/mol. The minimum Gasteiger partial charge on any atom is -0.322 e. The van der Waals surface area contributed by atoms with Gasteiger partial charge in [0.25, 0.3) is 0 Å². The highest BCUT2D eigenvalue weighted by molar-refractivity contribution is 5.36. The molecule has 1 aliphatic rings. The van der Waals surface area contributed by atoms with Crippen molar-refractivity contribution in [3.05, 3.63) is 48.1 Å². The van der Waals surface area contributed by atoms with Crippen LogP contribution in [0.5, 0.6) is 0 Å². The molecule has 0 fully saturated rings. The Hall–Kier alpha value is -1.08. The Morgan fingerprint density at radius 2 is 1.58 bits per heavy atom. The lowest BCUT2D eigenvalue weighted by Gasteiger charge is -2.20. The summed E-state index contributed by atoms with van der Waals surface area (Å²) in [4.78, 5) is 0. The van der Waals surface area contributed by atoms with E-state index in [2.05, 4.69) is 0 Å². The molecular weight excluding hydrogens is 146 g/mol. The van der Waals surface area contributed by atoms with E-state index in [9.17, 15) is 0 Å². The van der Waals surface area contributed by atoms with Gasteiger partial charge < -0.3 is 5.73 Å². The van der Waals surface area contributed by atoms with Gasteiger partial charge in [-0.25, -0.2) is 0 Å². The zero-order chi connectivity index (χ0) is 9.03. The molecule has 64 valence electrons. The predicted molar refractivity (Wildman–Crippen MR) is 53.8 cm³/mol. The summed E-state index contributed by atoms with van der Waals surface area (Å²) in [5, 5.41) is 0. The van der Waals surface area contributed by atoms with Gasteiger partial charge in [-0.2, -0.15) is 0 Å². The first-order valence-corrected chi connectivity index (χ1v) is 4.12. The highest BCUT2D eigenvalue weighted by Crippen LogP contribution is 2.14. The maximum atomic E-state index is 5.95. The first kappa shape index (κ1) is 9.01. The Bertz CT molecular complexity index is 259. The molecule has 0 heterocycles. The van der Waals surface area contributed by atoms with E-state index in [1.807, 2.05) is 56.4 Å². The van der Waals surface area contributed by atoms with Gasteiger partial charge in [0.2, 0.25) is 0 Å². The average molecular weight is 161 g/mol. The number of hydrogen-bond donors (Lipinski definition) is 1. The Balaban J connectivity index is 2.90. The van der Waals surface area contributed by atoms with Crippen LogP contribution in [0.15, 0.2) is 48.1 Å². The summed E-state index contributed by atoms with van der Waals surface area (Å²) in [6.45, 7) is 4.00. The van der Waals surface area contributed by atoms with Crippen molar-refractivity contribution < 1.29 is 0 Å². The van der Waals surface area contributed by atoms with Gasteiger partial charge in [0.1, 0.15) is 0 Å². The molecule has 1 rings (SSSR count).